The van der Waals surface area contributed by atoms with E-state index in [9.17, 15) is 4.79 Å². The van der Waals surface area contributed by atoms with Crippen molar-refractivity contribution in [3.8, 4) is 0 Å². The van der Waals surface area contributed by atoms with Crippen LogP contribution >= 0.6 is 11.8 Å². The molecule has 0 N–H and O–H groups in total. The molecule has 0 spiro atoms. The summed E-state index contributed by atoms with van der Waals surface area (Å²) in [6.07, 6.45) is 2.23. The van der Waals surface area contributed by atoms with Crippen LogP contribution in [-0.2, 0) is 14.3 Å². The average Bonchev–Trinajstić information content (AvgIpc) is 2.62. The lowest BCUT2D eigenvalue weighted by molar-refractivity contribution is -0.143. The van der Waals surface area contributed by atoms with Gasteiger partial charge in [0.15, 0.2) is 0 Å². The molecule has 1 aliphatic heterocycles. The van der Waals surface area contributed by atoms with Crippen molar-refractivity contribution in [2.75, 3.05) is 19.0 Å². The highest BCUT2D eigenvalue weighted by molar-refractivity contribution is 8.01. The Morgan fingerprint density at radius 1 is 1.53 bits per heavy atom. The summed E-state index contributed by atoms with van der Waals surface area (Å²) < 4.78 is 10.6. The summed E-state index contributed by atoms with van der Waals surface area (Å²) in [5.41, 5.74) is 0. The molecule has 1 saturated heterocycles. The molecule has 0 saturated carbocycles. The molecule has 88 valence electrons. The van der Waals surface area contributed by atoms with Crippen molar-refractivity contribution in [2.24, 2.45) is 0 Å². The Labute approximate surface area is 95.9 Å². The SMILES string of the molecule is CC(C)(C)SCC(=O)OCC1CCCO1. The van der Waals surface area contributed by atoms with Crippen LogP contribution in [0.25, 0.3) is 0 Å². The lowest BCUT2D eigenvalue weighted by Gasteiger charge is -2.17. The maximum Gasteiger partial charge on any atom is 0.316 e. The van der Waals surface area contributed by atoms with E-state index in [1.54, 1.807) is 11.8 Å². The summed E-state index contributed by atoms with van der Waals surface area (Å²) in [6, 6.07) is 0. The van der Waals surface area contributed by atoms with Gasteiger partial charge in [0.25, 0.3) is 0 Å². The van der Waals surface area contributed by atoms with Crippen molar-refractivity contribution < 1.29 is 14.3 Å². The minimum atomic E-state index is -0.134. The molecular weight excluding hydrogens is 212 g/mol. The van der Waals surface area contributed by atoms with Gasteiger partial charge in [-0.15, -0.1) is 11.8 Å². The summed E-state index contributed by atoms with van der Waals surface area (Å²) in [7, 11) is 0. The minimum Gasteiger partial charge on any atom is -0.462 e. The van der Waals surface area contributed by atoms with E-state index in [1.807, 2.05) is 0 Å². The number of hydrogen-bond acceptors (Lipinski definition) is 4. The van der Waals surface area contributed by atoms with E-state index in [0.717, 1.165) is 19.4 Å². The second kappa shape index (κ2) is 5.75. The van der Waals surface area contributed by atoms with Gasteiger partial charge in [0.05, 0.1) is 11.9 Å². The van der Waals surface area contributed by atoms with Gasteiger partial charge >= 0.3 is 5.97 Å². The fourth-order valence-electron chi connectivity index (χ4n) is 1.28. The van der Waals surface area contributed by atoms with Gasteiger partial charge in [0.1, 0.15) is 6.61 Å². The molecule has 15 heavy (non-hydrogen) atoms. The molecule has 0 amide bonds. The molecule has 1 atom stereocenters. The van der Waals surface area contributed by atoms with Gasteiger partial charge < -0.3 is 9.47 Å². The van der Waals surface area contributed by atoms with Crippen LogP contribution in [0.1, 0.15) is 33.6 Å². The first-order valence-electron chi connectivity index (χ1n) is 5.38. The molecule has 4 heteroatoms. The van der Waals surface area contributed by atoms with E-state index in [4.69, 9.17) is 9.47 Å². The van der Waals surface area contributed by atoms with Crippen molar-refractivity contribution >= 4 is 17.7 Å². The van der Waals surface area contributed by atoms with E-state index >= 15 is 0 Å². The molecule has 3 nitrogen and oxygen atoms in total. The molecule has 0 radical (unpaired) electrons. The Balaban J connectivity index is 2.08. The third-order valence-corrected chi connectivity index (χ3v) is 3.32. The maximum absolute atomic E-state index is 11.3. The maximum atomic E-state index is 11.3. The molecule has 1 rings (SSSR count). The fourth-order valence-corrected chi connectivity index (χ4v) is 1.91. The largest absolute Gasteiger partial charge is 0.462 e. The number of hydrogen-bond donors (Lipinski definition) is 0. The lowest BCUT2D eigenvalue weighted by atomic mass is 10.2. The summed E-state index contributed by atoms with van der Waals surface area (Å²) in [6.45, 7) is 7.49. The predicted octanol–water partition coefficient (Wildman–Crippen LogP) is 2.24. The number of ether oxygens (including phenoxy) is 2. The monoisotopic (exact) mass is 232 g/mol. The molecule has 0 aromatic carbocycles. The average molecular weight is 232 g/mol. The summed E-state index contributed by atoms with van der Waals surface area (Å²) >= 11 is 1.61. The number of carbonyl (C=O) groups excluding carboxylic acids is 1. The van der Waals surface area contributed by atoms with E-state index in [-0.39, 0.29) is 16.8 Å². The fraction of sp³-hybridized carbons (Fsp3) is 0.909. The highest BCUT2D eigenvalue weighted by atomic mass is 32.2. The van der Waals surface area contributed by atoms with Crippen molar-refractivity contribution in [3.63, 3.8) is 0 Å². The van der Waals surface area contributed by atoms with Crippen LogP contribution in [0.15, 0.2) is 0 Å². The van der Waals surface area contributed by atoms with Gasteiger partial charge in [-0.05, 0) is 12.8 Å². The van der Waals surface area contributed by atoms with Crippen molar-refractivity contribution in [2.45, 2.75) is 44.5 Å². The van der Waals surface area contributed by atoms with Crippen LogP contribution in [0, 0.1) is 0 Å². The van der Waals surface area contributed by atoms with Crippen LogP contribution in [0.5, 0.6) is 0 Å². The first-order chi connectivity index (χ1) is 6.97. The molecule has 0 bridgehead atoms. The molecular formula is C11H20O3S. The highest BCUT2D eigenvalue weighted by Crippen LogP contribution is 2.23. The van der Waals surface area contributed by atoms with Crippen LogP contribution in [0.4, 0.5) is 0 Å². The molecule has 0 aromatic rings. The Hall–Kier alpha value is -0.220. The van der Waals surface area contributed by atoms with Gasteiger partial charge in [-0.3, -0.25) is 4.79 Å². The smallest absolute Gasteiger partial charge is 0.316 e. The molecule has 0 aromatic heterocycles. The van der Waals surface area contributed by atoms with E-state index < -0.39 is 0 Å². The molecule has 1 fully saturated rings. The lowest BCUT2D eigenvalue weighted by Crippen LogP contribution is -2.20. The topological polar surface area (TPSA) is 35.5 Å². The second-order valence-electron chi connectivity index (χ2n) is 4.72. The van der Waals surface area contributed by atoms with E-state index in [1.165, 1.54) is 0 Å². The Bertz CT molecular complexity index is 204. The van der Waals surface area contributed by atoms with Crippen LogP contribution < -0.4 is 0 Å². The molecule has 1 heterocycles. The Morgan fingerprint density at radius 2 is 2.27 bits per heavy atom. The van der Waals surface area contributed by atoms with Gasteiger partial charge in [-0.25, -0.2) is 0 Å². The third kappa shape index (κ3) is 6.05. The van der Waals surface area contributed by atoms with Gasteiger partial charge in [0, 0.05) is 11.4 Å². The predicted molar refractivity (Wildman–Crippen MR) is 62.1 cm³/mol. The number of thioether (sulfide) groups is 1. The van der Waals surface area contributed by atoms with Gasteiger partial charge in [-0.1, -0.05) is 20.8 Å². The second-order valence-corrected chi connectivity index (χ2v) is 6.52. The van der Waals surface area contributed by atoms with Gasteiger partial charge in [0.2, 0.25) is 0 Å². The third-order valence-electron chi connectivity index (χ3n) is 2.08. The van der Waals surface area contributed by atoms with Crippen molar-refractivity contribution in [1.82, 2.24) is 0 Å². The Kier molecular flexibility index (Phi) is 4.93. The zero-order valence-electron chi connectivity index (χ0n) is 9.75. The molecule has 1 aliphatic rings. The number of esters is 1. The van der Waals surface area contributed by atoms with Crippen molar-refractivity contribution in [3.05, 3.63) is 0 Å². The van der Waals surface area contributed by atoms with Crippen LogP contribution in [0.3, 0.4) is 0 Å². The van der Waals surface area contributed by atoms with E-state index in [2.05, 4.69) is 20.8 Å². The van der Waals surface area contributed by atoms with Crippen LogP contribution in [0.2, 0.25) is 0 Å². The molecule has 0 aliphatic carbocycles. The minimum absolute atomic E-state index is 0.114. The first-order valence-corrected chi connectivity index (χ1v) is 6.37. The zero-order valence-corrected chi connectivity index (χ0v) is 10.6. The highest BCUT2D eigenvalue weighted by Gasteiger charge is 2.18. The number of rotatable bonds is 4. The van der Waals surface area contributed by atoms with E-state index in [0.29, 0.717) is 12.4 Å². The normalized spacial score (nSPS) is 21.7. The quantitative estimate of drug-likeness (QED) is 0.696. The van der Waals surface area contributed by atoms with Gasteiger partial charge in [-0.2, -0.15) is 0 Å². The zero-order chi connectivity index (χ0) is 11.3. The summed E-state index contributed by atoms with van der Waals surface area (Å²) in [4.78, 5) is 11.3. The first kappa shape index (κ1) is 12.8. The number of carbonyl (C=O) groups is 1. The van der Waals surface area contributed by atoms with Crippen LogP contribution in [-0.4, -0.2) is 35.8 Å². The summed E-state index contributed by atoms with van der Waals surface area (Å²) in [5, 5.41) is 0. The molecule has 1 unspecified atom stereocenters. The summed E-state index contributed by atoms with van der Waals surface area (Å²) in [5.74, 6) is 0.293. The van der Waals surface area contributed by atoms with Crippen molar-refractivity contribution in [1.29, 1.82) is 0 Å². The Morgan fingerprint density at radius 3 is 2.80 bits per heavy atom. The standard InChI is InChI=1S/C11H20O3S/c1-11(2,3)15-8-10(12)14-7-9-5-4-6-13-9/h9H,4-8H2,1-3H3.